The summed E-state index contributed by atoms with van der Waals surface area (Å²) >= 11 is 0. The second-order valence-electron chi connectivity index (χ2n) is 3.67. The molecule has 0 heterocycles. The zero-order valence-electron chi connectivity index (χ0n) is 9.48. The molecule has 19 heavy (non-hydrogen) atoms. The smallest absolute Gasteiger partial charge is 0.320 e. The van der Waals surface area contributed by atoms with E-state index < -0.39 is 18.0 Å². The maximum Gasteiger partial charge on any atom is 0.463 e. The largest absolute Gasteiger partial charge is 0.463 e. The van der Waals surface area contributed by atoms with Gasteiger partial charge in [-0.15, -0.1) is 0 Å². The van der Waals surface area contributed by atoms with Crippen LogP contribution in [0.25, 0.3) is 0 Å². The van der Waals surface area contributed by atoms with Crippen molar-refractivity contribution in [3.05, 3.63) is 29.3 Å². The fourth-order valence-corrected chi connectivity index (χ4v) is 1.16. The fourth-order valence-electron chi connectivity index (χ4n) is 1.16. The van der Waals surface area contributed by atoms with Crippen molar-refractivity contribution in [3.63, 3.8) is 0 Å². The molecule has 0 bridgehead atoms. The van der Waals surface area contributed by atoms with Crippen LogP contribution in [-0.2, 0) is 4.79 Å². The molecule has 1 aromatic rings. The summed E-state index contributed by atoms with van der Waals surface area (Å²) in [4.78, 5) is 11.0. The van der Waals surface area contributed by atoms with Crippen LogP contribution in [0.15, 0.2) is 18.2 Å². The highest BCUT2D eigenvalue weighted by Gasteiger charge is 2.63. The molecule has 102 valence electrons. The lowest BCUT2D eigenvalue weighted by molar-refractivity contribution is -0.267. The lowest BCUT2D eigenvalue weighted by atomic mass is 10.1. The number of nitriles is 1. The fraction of sp³-hybridized carbons (Fsp3) is 0.273. The monoisotopic (exact) mass is 278 g/mol. The Kier molecular flexibility index (Phi) is 3.79. The van der Waals surface area contributed by atoms with Crippen molar-refractivity contribution < 1.29 is 26.7 Å². The Morgan fingerprint density at radius 1 is 1.26 bits per heavy atom. The number of halogens is 5. The molecule has 0 spiro atoms. The van der Waals surface area contributed by atoms with Gasteiger partial charge in [-0.1, -0.05) is 6.07 Å². The van der Waals surface area contributed by atoms with Crippen molar-refractivity contribution in [3.8, 4) is 6.07 Å². The number of amides is 1. The van der Waals surface area contributed by atoms with Gasteiger partial charge in [0.2, 0.25) is 0 Å². The van der Waals surface area contributed by atoms with Crippen molar-refractivity contribution in [2.24, 2.45) is 0 Å². The average Bonchev–Trinajstić information content (AvgIpc) is 2.30. The molecule has 0 aliphatic heterocycles. The molecule has 1 amide bonds. The molecule has 1 rings (SSSR count). The molecule has 1 N–H and O–H groups in total. The Bertz CT molecular complexity index is 545. The van der Waals surface area contributed by atoms with Crippen LogP contribution in [0.3, 0.4) is 0 Å². The number of benzene rings is 1. The van der Waals surface area contributed by atoms with Crippen LogP contribution in [0.1, 0.15) is 11.1 Å². The summed E-state index contributed by atoms with van der Waals surface area (Å²) in [6, 6.07) is 5.35. The predicted molar refractivity (Wildman–Crippen MR) is 55.5 cm³/mol. The zero-order valence-corrected chi connectivity index (χ0v) is 9.48. The number of anilines is 1. The Hall–Kier alpha value is -2.17. The van der Waals surface area contributed by atoms with E-state index in [1.165, 1.54) is 24.4 Å². The van der Waals surface area contributed by atoms with E-state index in [4.69, 9.17) is 5.26 Å². The van der Waals surface area contributed by atoms with Crippen molar-refractivity contribution in [1.82, 2.24) is 0 Å². The minimum Gasteiger partial charge on any atom is -0.320 e. The molecule has 0 saturated carbocycles. The number of nitrogens with one attached hydrogen (secondary N) is 1. The van der Waals surface area contributed by atoms with Crippen molar-refractivity contribution in [1.29, 1.82) is 5.26 Å². The Morgan fingerprint density at radius 2 is 1.84 bits per heavy atom. The highest BCUT2D eigenvalue weighted by molar-refractivity contribution is 5.97. The van der Waals surface area contributed by atoms with E-state index >= 15 is 0 Å². The molecule has 3 nitrogen and oxygen atoms in total. The number of carbonyl (C=O) groups excluding carboxylic acids is 1. The van der Waals surface area contributed by atoms with Gasteiger partial charge in [0.05, 0.1) is 11.6 Å². The molecule has 0 saturated heterocycles. The minimum atomic E-state index is -5.97. The van der Waals surface area contributed by atoms with Crippen LogP contribution in [0.2, 0.25) is 0 Å². The van der Waals surface area contributed by atoms with Crippen LogP contribution < -0.4 is 5.32 Å². The topological polar surface area (TPSA) is 52.9 Å². The molecule has 0 atom stereocenters. The van der Waals surface area contributed by atoms with E-state index in [2.05, 4.69) is 0 Å². The second-order valence-corrected chi connectivity index (χ2v) is 3.67. The van der Waals surface area contributed by atoms with Gasteiger partial charge in [-0.2, -0.15) is 27.2 Å². The van der Waals surface area contributed by atoms with Gasteiger partial charge < -0.3 is 5.32 Å². The minimum absolute atomic E-state index is 0.0243. The number of aryl methyl sites for hydroxylation is 1. The van der Waals surface area contributed by atoms with Gasteiger partial charge in [0.25, 0.3) is 0 Å². The van der Waals surface area contributed by atoms with Crippen molar-refractivity contribution in [2.45, 2.75) is 19.0 Å². The summed E-state index contributed by atoms with van der Waals surface area (Å²) in [5, 5.41) is 10.1. The van der Waals surface area contributed by atoms with E-state index in [1.807, 2.05) is 0 Å². The average molecular weight is 278 g/mol. The molecule has 8 heteroatoms. The number of hydrogen-bond donors (Lipinski definition) is 1. The van der Waals surface area contributed by atoms with E-state index in [9.17, 15) is 26.7 Å². The quantitative estimate of drug-likeness (QED) is 0.845. The van der Waals surface area contributed by atoms with E-state index in [0.717, 1.165) is 6.07 Å². The van der Waals surface area contributed by atoms with Crippen LogP contribution >= 0.6 is 0 Å². The second kappa shape index (κ2) is 4.84. The SMILES string of the molecule is Cc1ccc(C#N)cc1NC(=O)C(F)(F)C(F)(F)F. The first kappa shape index (κ1) is 14.9. The third kappa shape index (κ3) is 2.99. The number of alkyl halides is 5. The molecular formula is C11H7F5N2O. The lowest BCUT2D eigenvalue weighted by Crippen LogP contribution is -2.47. The van der Waals surface area contributed by atoms with Gasteiger partial charge in [-0.3, -0.25) is 4.79 Å². The van der Waals surface area contributed by atoms with Gasteiger partial charge in [0.15, 0.2) is 0 Å². The summed E-state index contributed by atoms with van der Waals surface area (Å²) in [5.41, 5.74) is 0.00882. The first-order valence-corrected chi connectivity index (χ1v) is 4.86. The summed E-state index contributed by atoms with van der Waals surface area (Å²) in [6.45, 7) is 1.39. The van der Waals surface area contributed by atoms with Crippen LogP contribution in [0.4, 0.5) is 27.6 Å². The van der Waals surface area contributed by atoms with Crippen molar-refractivity contribution in [2.75, 3.05) is 5.32 Å². The Labute approximate surface area is 104 Å². The Morgan fingerprint density at radius 3 is 2.32 bits per heavy atom. The first-order valence-electron chi connectivity index (χ1n) is 4.86. The molecular weight excluding hydrogens is 271 g/mol. The third-order valence-corrected chi connectivity index (χ3v) is 2.26. The van der Waals surface area contributed by atoms with E-state index in [-0.39, 0.29) is 16.8 Å². The van der Waals surface area contributed by atoms with Gasteiger partial charge in [0.1, 0.15) is 0 Å². The van der Waals surface area contributed by atoms with E-state index in [0.29, 0.717) is 0 Å². The highest BCUT2D eigenvalue weighted by atomic mass is 19.4. The van der Waals surface area contributed by atoms with Crippen LogP contribution in [-0.4, -0.2) is 18.0 Å². The normalized spacial score (nSPS) is 11.8. The predicted octanol–water partition coefficient (Wildman–Crippen LogP) is 3.00. The molecule has 0 unspecified atom stereocenters. The van der Waals surface area contributed by atoms with Gasteiger partial charge in [-0.05, 0) is 24.6 Å². The first-order chi connectivity index (χ1) is 8.59. The zero-order chi connectivity index (χ0) is 14.8. The number of hydrogen-bond acceptors (Lipinski definition) is 2. The number of carbonyl (C=O) groups is 1. The number of nitrogens with zero attached hydrogens (tertiary/aromatic N) is 1. The Balaban J connectivity index is 3.04. The van der Waals surface area contributed by atoms with E-state index in [1.54, 1.807) is 6.07 Å². The maximum absolute atomic E-state index is 12.7. The highest BCUT2D eigenvalue weighted by Crippen LogP contribution is 2.36. The van der Waals surface area contributed by atoms with Gasteiger partial charge >= 0.3 is 18.0 Å². The van der Waals surface area contributed by atoms with Crippen molar-refractivity contribution >= 4 is 11.6 Å². The maximum atomic E-state index is 12.7. The summed E-state index contributed by atoms with van der Waals surface area (Å²) in [7, 11) is 0. The third-order valence-electron chi connectivity index (χ3n) is 2.26. The lowest BCUT2D eigenvalue weighted by Gasteiger charge is -2.19. The summed E-state index contributed by atoms with van der Waals surface area (Å²) < 4.78 is 61.4. The van der Waals surface area contributed by atoms with Crippen LogP contribution in [0, 0.1) is 18.3 Å². The molecule has 0 radical (unpaired) electrons. The molecule has 0 aromatic heterocycles. The van der Waals surface area contributed by atoms with Gasteiger partial charge in [0, 0.05) is 5.69 Å². The van der Waals surface area contributed by atoms with Gasteiger partial charge in [-0.25, -0.2) is 0 Å². The molecule has 0 fully saturated rings. The molecule has 0 aliphatic rings. The number of rotatable bonds is 2. The summed E-state index contributed by atoms with van der Waals surface area (Å²) in [6.07, 6.45) is -5.97. The molecule has 1 aromatic carbocycles. The standard InChI is InChI=1S/C11H7F5N2O/c1-6-2-3-7(5-17)4-8(6)18-9(19)10(12,13)11(14,15)16/h2-4H,1H3,(H,18,19). The summed E-state index contributed by atoms with van der Waals surface area (Å²) in [5.74, 6) is -7.99. The molecule has 0 aliphatic carbocycles. The van der Waals surface area contributed by atoms with Crippen LogP contribution in [0.5, 0.6) is 0 Å².